The van der Waals surface area contributed by atoms with Gasteiger partial charge in [0, 0.05) is 29.7 Å². The third kappa shape index (κ3) is 6.98. The van der Waals surface area contributed by atoms with Crippen molar-refractivity contribution >= 4 is 16.9 Å². The predicted molar refractivity (Wildman–Crippen MR) is 147 cm³/mol. The van der Waals surface area contributed by atoms with Gasteiger partial charge in [0.05, 0.1) is 12.7 Å². The molecule has 4 nitrogen and oxygen atoms in total. The highest BCUT2D eigenvalue weighted by Crippen LogP contribution is 2.28. The fourth-order valence-corrected chi connectivity index (χ4v) is 5.07. The number of benzene rings is 2. The second-order valence-electron chi connectivity index (χ2n) is 10.6. The molecule has 0 N–H and O–H groups in total. The number of ether oxygens (including phenoxy) is 1. The predicted octanol–water partition coefficient (Wildman–Crippen LogP) is 7.03. The summed E-state index contributed by atoms with van der Waals surface area (Å²) in [6.45, 7) is 18.4. The molecule has 0 aliphatic heterocycles. The number of carbonyl (C=O) groups excluding carboxylic acids is 1. The fraction of sp³-hybridized carbons (Fsp3) is 0.516. The standard InChI is InChI=1S/C31H44N2O2/c1-8-15-32(16-14-22(2)3)20-23(4)21-33-25(6)24(5)29-19-27(12-13-30(29)33)17-26-10-9-11-28(18-26)31(34)35-7/h9-13,18-19,22-23H,8,14-17,20-21H2,1-7H3. The van der Waals surface area contributed by atoms with Crippen molar-refractivity contribution in [2.75, 3.05) is 26.7 Å². The van der Waals surface area contributed by atoms with Gasteiger partial charge in [-0.25, -0.2) is 4.79 Å². The van der Waals surface area contributed by atoms with Crippen molar-refractivity contribution in [2.24, 2.45) is 11.8 Å². The molecule has 0 aliphatic rings. The Kier molecular flexibility index (Phi) is 9.56. The molecule has 1 unspecified atom stereocenters. The van der Waals surface area contributed by atoms with Gasteiger partial charge in [-0.2, -0.15) is 0 Å². The first kappa shape index (κ1) is 27.0. The van der Waals surface area contributed by atoms with Gasteiger partial charge < -0.3 is 14.2 Å². The molecule has 1 aromatic heterocycles. The van der Waals surface area contributed by atoms with E-state index in [4.69, 9.17) is 4.74 Å². The molecule has 1 heterocycles. The molecule has 1 atom stereocenters. The van der Waals surface area contributed by atoms with E-state index >= 15 is 0 Å². The van der Waals surface area contributed by atoms with Crippen molar-refractivity contribution in [1.29, 1.82) is 0 Å². The first-order valence-corrected chi connectivity index (χ1v) is 13.2. The smallest absolute Gasteiger partial charge is 0.337 e. The SMILES string of the molecule is CCCN(CCC(C)C)CC(C)Cn1c(C)c(C)c2cc(Cc3cccc(C(=O)OC)c3)ccc21. The van der Waals surface area contributed by atoms with Gasteiger partial charge >= 0.3 is 5.97 Å². The number of aromatic nitrogens is 1. The monoisotopic (exact) mass is 476 g/mol. The lowest BCUT2D eigenvalue weighted by molar-refractivity contribution is 0.0600. The Hall–Kier alpha value is -2.59. The summed E-state index contributed by atoms with van der Waals surface area (Å²) in [4.78, 5) is 14.6. The zero-order chi connectivity index (χ0) is 25.5. The van der Waals surface area contributed by atoms with Gasteiger partial charge in [-0.1, -0.05) is 45.9 Å². The molecule has 0 amide bonds. The number of hydrogen-bond donors (Lipinski definition) is 0. The molecule has 190 valence electrons. The highest BCUT2D eigenvalue weighted by molar-refractivity contribution is 5.89. The van der Waals surface area contributed by atoms with E-state index in [1.54, 1.807) is 6.07 Å². The van der Waals surface area contributed by atoms with Gasteiger partial charge in [-0.05, 0) is 99.0 Å². The molecular weight excluding hydrogens is 432 g/mol. The molecule has 35 heavy (non-hydrogen) atoms. The number of rotatable bonds is 12. The van der Waals surface area contributed by atoms with E-state index in [1.165, 1.54) is 60.8 Å². The highest BCUT2D eigenvalue weighted by Gasteiger charge is 2.16. The number of nitrogens with zero attached hydrogens (tertiary/aromatic N) is 2. The molecule has 0 saturated heterocycles. The summed E-state index contributed by atoms with van der Waals surface area (Å²) in [6.07, 6.45) is 3.27. The summed E-state index contributed by atoms with van der Waals surface area (Å²) in [5.41, 5.74) is 7.03. The number of carbonyl (C=O) groups is 1. The maximum Gasteiger partial charge on any atom is 0.337 e. The average molecular weight is 477 g/mol. The zero-order valence-corrected chi connectivity index (χ0v) is 22.9. The Morgan fingerprint density at radius 3 is 2.46 bits per heavy atom. The van der Waals surface area contributed by atoms with Crippen LogP contribution >= 0.6 is 0 Å². The maximum atomic E-state index is 11.9. The first-order chi connectivity index (χ1) is 16.7. The Morgan fingerprint density at radius 1 is 1.03 bits per heavy atom. The van der Waals surface area contributed by atoms with Crippen molar-refractivity contribution in [2.45, 2.75) is 67.3 Å². The van der Waals surface area contributed by atoms with Crippen molar-refractivity contribution in [3.05, 3.63) is 70.4 Å². The molecular formula is C31H44N2O2. The maximum absolute atomic E-state index is 11.9. The van der Waals surface area contributed by atoms with E-state index < -0.39 is 0 Å². The van der Waals surface area contributed by atoms with Crippen LogP contribution in [0.2, 0.25) is 0 Å². The number of hydrogen-bond acceptors (Lipinski definition) is 3. The number of aryl methyl sites for hydroxylation is 1. The van der Waals surface area contributed by atoms with Crippen LogP contribution in [0.3, 0.4) is 0 Å². The van der Waals surface area contributed by atoms with Crippen LogP contribution in [-0.4, -0.2) is 42.2 Å². The minimum Gasteiger partial charge on any atom is -0.465 e. The van der Waals surface area contributed by atoms with E-state index in [1.807, 2.05) is 12.1 Å². The summed E-state index contributed by atoms with van der Waals surface area (Å²) in [5, 5.41) is 1.33. The Morgan fingerprint density at radius 2 is 1.77 bits per heavy atom. The van der Waals surface area contributed by atoms with Gasteiger partial charge in [0.1, 0.15) is 0 Å². The van der Waals surface area contributed by atoms with Crippen LogP contribution in [0.25, 0.3) is 10.9 Å². The van der Waals surface area contributed by atoms with E-state index in [0.29, 0.717) is 11.5 Å². The van der Waals surface area contributed by atoms with Gasteiger partial charge in [0.2, 0.25) is 0 Å². The molecule has 3 rings (SSSR count). The lowest BCUT2D eigenvalue weighted by atomic mass is 10.0. The largest absolute Gasteiger partial charge is 0.465 e. The van der Waals surface area contributed by atoms with Crippen LogP contribution < -0.4 is 0 Å². The Labute approximate surface area is 212 Å². The van der Waals surface area contributed by atoms with E-state index in [9.17, 15) is 4.79 Å². The fourth-order valence-electron chi connectivity index (χ4n) is 5.07. The third-order valence-corrected chi connectivity index (χ3v) is 7.09. The normalized spacial score (nSPS) is 12.6. The lowest BCUT2D eigenvalue weighted by Crippen LogP contribution is -2.32. The summed E-state index contributed by atoms with van der Waals surface area (Å²) in [5.74, 6) is 1.05. The van der Waals surface area contributed by atoms with Gasteiger partial charge in [-0.3, -0.25) is 0 Å². The molecule has 0 radical (unpaired) electrons. The van der Waals surface area contributed by atoms with Crippen LogP contribution in [0.15, 0.2) is 42.5 Å². The minimum atomic E-state index is -0.290. The molecule has 0 spiro atoms. The van der Waals surface area contributed by atoms with Crippen molar-refractivity contribution in [3.8, 4) is 0 Å². The van der Waals surface area contributed by atoms with Crippen LogP contribution in [0, 0.1) is 25.7 Å². The Bertz CT molecular complexity index is 1130. The van der Waals surface area contributed by atoms with E-state index in [2.05, 4.69) is 75.3 Å². The summed E-state index contributed by atoms with van der Waals surface area (Å²) >= 11 is 0. The van der Waals surface area contributed by atoms with E-state index in [0.717, 1.165) is 31.0 Å². The summed E-state index contributed by atoms with van der Waals surface area (Å²) < 4.78 is 7.40. The van der Waals surface area contributed by atoms with Crippen molar-refractivity contribution in [3.63, 3.8) is 0 Å². The quantitative estimate of drug-likeness (QED) is 0.263. The minimum absolute atomic E-state index is 0.290. The van der Waals surface area contributed by atoms with Crippen LogP contribution in [0.1, 0.15) is 73.3 Å². The van der Waals surface area contributed by atoms with Crippen LogP contribution in [-0.2, 0) is 17.7 Å². The van der Waals surface area contributed by atoms with Gasteiger partial charge in [-0.15, -0.1) is 0 Å². The number of esters is 1. The van der Waals surface area contributed by atoms with Crippen molar-refractivity contribution in [1.82, 2.24) is 9.47 Å². The van der Waals surface area contributed by atoms with Crippen molar-refractivity contribution < 1.29 is 9.53 Å². The summed E-state index contributed by atoms with van der Waals surface area (Å²) in [6, 6.07) is 14.6. The summed E-state index contributed by atoms with van der Waals surface area (Å²) in [7, 11) is 1.42. The van der Waals surface area contributed by atoms with Crippen LogP contribution in [0.4, 0.5) is 0 Å². The molecule has 0 fully saturated rings. The highest BCUT2D eigenvalue weighted by atomic mass is 16.5. The first-order valence-electron chi connectivity index (χ1n) is 13.2. The number of fused-ring (bicyclic) bond motifs is 1. The topological polar surface area (TPSA) is 34.5 Å². The molecule has 0 aliphatic carbocycles. The molecule has 2 aromatic carbocycles. The van der Waals surface area contributed by atoms with Crippen LogP contribution in [0.5, 0.6) is 0 Å². The number of methoxy groups -OCH3 is 1. The third-order valence-electron chi connectivity index (χ3n) is 7.09. The Balaban J connectivity index is 1.78. The second-order valence-corrected chi connectivity index (χ2v) is 10.6. The van der Waals surface area contributed by atoms with E-state index in [-0.39, 0.29) is 5.97 Å². The lowest BCUT2D eigenvalue weighted by Gasteiger charge is -2.27. The molecule has 4 heteroatoms. The van der Waals surface area contributed by atoms with Gasteiger partial charge in [0.15, 0.2) is 0 Å². The molecule has 3 aromatic rings. The zero-order valence-electron chi connectivity index (χ0n) is 22.9. The van der Waals surface area contributed by atoms with Gasteiger partial charge in [0.25, 0.3) is 0 Å². The molecule has 0 bridgehead atoms. The second kappa shape index (κ2) is 12.4. The molecule has 0 saturated carbocycles. The average Bonchev–Trinajstić information content (AvgIpc) is 3.06.